The largest absolute Gasteiger partial charge is 0.318 e. The van der Waals surface area contributed by atoms with Gasteiger partial charge < -0.3 is 4.90 Å². The molecular formula is C17H16N2S2. The van der Waals surface area contributed by atoms with Crippen LogP contribution in [0.25, 0.3) is 15.8 Å². The lowest BCUT2D eigenvalue weighted by Crippen LogP contribution is -2.20. The summed E-state index contributed by atoms with van der Waals surface area (Å²) >= 11 is 3.83. The summed E-state index contributed by atoms with van der Waals surface area (Å²) in [5, 5.41) is 2.65. The molecule has 0 unspecified atom stereocenters. The van der Waals surface area contributed by atoms with Crippen LogP contribution in [0.3, 0.4) is 0 Å². The number of aliphatic imine (C=N–C) groups is 1. The van der Waals surface area contributed by atoms with E-state index >= 15 is 0 Å². The lowest BCUT2D eigenvalue weighted by atomic mass is 10.0. The van der Waals surface area contributed by atoms with Gasteiger partial charge in [0, 0.05) is 32.0 Å². The summed E-state index contributed by atoms with van der Waals surface area (Å²) in [5.41, 5.74) is 2.88. The maximum Gasteiger partial charge on any atom is 0.168 e. The molecule has 106 valence electrons. The van der Waals surface area contributed by atoms with Crippen LogP contribution in [0.15, 0.2) is 34.2 Å². The molecule has 1 aromatic heterocycles. The number of hydrogen-bond donors (Lipinski definition) is 0. The molecular weight excluding hydrogens is 296 g/mol. The third-order valence-electron chi connectivity index (χ3n) is 4.39. The lowest BCUT2D eigenvalue weighted by Gasteiger charge is -2.18. The first-order chi connectivity index (χ1) is 10.3. The first-order valence-corrected chi connectivity index (χ1v) is 9.18. The molecule has 2 aliphatic heterocycles. The summed E-state index contributed by atoms with van der Waals surface area (Å²) in [7, 11) is 0. The summed E-state index contributed by atoms with van der Waals surface area (Å²) in [6, 6.07) is 9.10. The Kier molecular flexibility index (Phi) is 2.56. The van der Waals surface area contributed by atoms with Crippen LogP contribution < -0.4 is 0 Å². The topological polar surface area (TPSA) is 15.6 Å². The maximum absolute atomic E-state index is 4.69. The second kappa shape index (κ2) is 4.37. The zero-order valence-corrected chi connectivity index (χ0v) is 13.6. The molecule has 21 heavy (non-hydrogen) atoms. The van der Waals surface area contributed by atoms with E-state index in [0.717, 1.165) is 19.0 Å². The molecule has 0 radical (unpaired) electrons. The zero-order valence-electron chi connectivity index (χ0n) is 11.9. The van der Waals surface area contributed by atoms with E-state index in [1.165, 1.54) is 44.2 Å². The van der Waals surface area contributed by atoms with E-state index in [4.69, 9.17) is 0 Å². The molecule has 0 spiro atoms. The Hall–Kier alpha value is -1.26. The first kappa shape index (κ1) is 12.3. The van der Waals surface area contributed by atoms with Crippen molar-refractivity contribution >= 4 is 44.0 Å². The number of aryl methyl sites for hydroxylation is 1. The van der Waals surface area contributed by atoms with Crippen molar-refractivity contribution in [3.63, 3.8) is 0 Å². The molecule has 0 bridgehead atoms. The first-order valence-electron chi connectivity index (χ1n) is 7.55. The van der Waals surface area contributed by atoms with Crippen molar-refractivity contribution in [3.05, 3.63) is 39.6 Å². The maximum atomic E-state index is 4.69. The number of rotatable bonds is 2. The van der Waals surface area contributed by atoms with Crippen molar-refractivity contribution in [1.29, 1.82) is 0 Å². The molecule has 5 rings (SSSR count). The monoisotopic (exact) mass is 312 g/mol. The summed E-state index contributed by atoms with van der Waals surface area (Å²) < 4.78 is 1.40. The molecule has 2 aromatic rings. The standard InChI is InChI=1S/C17H16N2S2/c1-10-9-13-12(3-2-4-14(13)20-10)15-16(11-5-6-11)21-17-18-7-8-19(15)17/h2-4,9,11H,5-8H2,1H3. The van der Waals surface area contributed by atoms with Gasteiger partial charge in [0.2, 0.25) is 0 Å². The number of thiophene rings is 1. The smallest absolute Gasteiger partial charge is 0.168 e. The van der Waals surface area contributed by atoms with Crippen LogP contribution >= 0.6 is 23.1 Å². The van der Waals surface area contributed by atoms with Gasteiger partial charge >= 0.3 is 0 Å². The van der Waals surface area contributed by atoms with E-state index < -0.39 is 0 Å². The molecule has 1 aliphatic carbocycles. The van der Waals surface area contributed by atoms with Crippen molar-refractivity contribution < 1.29 is 0 Å². The Morgan fingerprint density at radius 1 is 1.29 bits per heavy atom. The number of benzene rings is 1. The molecule has 2 nitrogen and oxygen atoms in total. The quantitative estimate of drug-likeness (QED) is 0.798. The fourth-order valence-electron chi connectivity index (χ4n) is 3.30. The number of thioether (sulfide) groups is 1. The highest BCUT2D eigenvalue weighted by molar-refractivity contribution is 8.17. The molecule has 0 N–H and O–H groups in total. The average molecular weight is 312 g/mol. The van der Waals surface area contributed by atoms with Crippen LogP contribution in [0, 0.1) is 12.8 Å². The molecule has 1 aromatic carbocycles. The Morgan fingerprint density at radius 2 is 2.19 bits per heavy atom. The number of fused-ring (bicyclic) bond motifs is 2. The number of nitrogens with zero attached hydrogens (tertiary/aromatic N) is 2. The molecule has 3 aliphatic rings. The molecule has 0 saturated heterocycles. The van der Waals surface area contributed by atoms with Gasteiger partial charge in [-0.1, -0.05) is 23.9 Å². The van der Waals surface area contributed by atoms with Gasteiger partial charge in [0.05, 0.1) is 12.2 Å². The van der Waals surface area contributed by atoms with Gasteiger partial charge in [-0.2, -0.15) is 0 Å². The Labute approximate surface area is 132 Å². The predicted molar refractivity (Wildman–Crippen MR) is 92.8 cm³/mol. The number of hydrogen-bond acceptors (Lipinski definition) is 4. The highest BCUT2D eigenvalue weighted by atomic mass is 32.2. The minimum Gasteiger partial charge on any atom is -0.318 e. The Morgan fingerprint density at radius 3 is 3.05 bits per heavy atom. The molecule has 3 heterocycles. The summed E-state index contributed by atoms with van der Waals surface area (Å²) in [6.07, 6.45) is 2.71. The van der Waals surface area contributed by atoms with Gasteiger partial charge in [-0.15, -0.1) is 11.3 Å². The van der Waals surface area contributed by atoms with Crippen LogP contribution in [0.2, 0.25) is 0 Å². The van der Waals surface area contributed by atoms with Gasteiger partial charge in [-0.3, -0.25) is 4.99 Å². The summed E-state index contributed by atoms with van der Waals surface area (Å²) in [5.74, 6) is 0.785. The SMILES string of the molecule is Cc1cc2c(C3=C(C4CC4)SC4=NCCN43)cccc2s1. The zero-order chi connectivity index (χ0) is 14.0. The van der Waals surface area contributed by atoms with Crippen LogP contribution in [-0.2, 0) is 0 Å². The van der Waals surface area contributed by atoms with E-state index in [9.17, 15) is 0 Å². The molecule has 4 heteroatoms. The highest BCUT2D eigenvalue weighted by Crippen LogP contribution is 2.53. The van der Waals surface area contributed by atoms with Crippen LogP contribution in [0.1, 0.15) is 23.3 Å². The summed E-state index contributed by atoms with van der Waals surface area (Å²) in [4.78, 5) is 10.1. The second-order valence-corrected chi connectivity index (χ2v) is 8.28. The van der Waals surface area contributed by atoms with Crippen molar-refractivity contribution in [2.45, 2.75) is 19.8 Å². The predicted octanol–water partition coefficient (Wildman–Crippen LogP) is 4.71. The Balaban J connectivity index is 1.76. The van der Waals surface area contributed by atoms with Crippen molar-refractivity contribution in [3.8, 4) is 0 Å². The van der Waals surface area contributed by atoms with Gasteiger partial charge in [0.15, 0.2) is 5.17 Å². The van der Waals surface area contributed by atoms with E-state index in [0.29, 0.717) is 0 Å². The van der Waals surface area contributed by atoms with E-state index in [1.807, 2.05) is 23.1 Å². The number of amidine groups is 1. The highest BCUT2D eigenvalue weighted by Gasteiger charge is 2.40. The van der Waals surface area contributed by atoms with Crippen molar-refractivity contribution in [1.82, 2.24) is 4.90 Å². The fraction of sp³-hybridized carbons (Fsp3) is 0.353. The molecule has 1 saturated carbocycles. The second-order valence-electron chi connectivity index (χ2n) is 5.98. The van der Waals surface area contributed by atoms with Crippen molar-refractivity contribution in [2.75, 3.05) is 13.1 Å². The molecule has 0 amide bonds. The van der Waals surface area contributed by atoms with Crippen LogP contribution in [0.5, 0.6) is 0 Å². The average Bonchev–Trinajstić information content (AvgIpc) is 2.92. The fourth-order valence-corrected chi connectivity index (χ4v) is 5.61. The van der Waals surface area contributed by atoms with Gasteiger partial charge in [0.1, 0.15) is 0 Å². The number of allylic oxidation sites excluding steroid dienone is 1. The molecule has 0 atom stereocenters. The van der Waals surface area contributed by atoms with Crippen molar-refractivity contribution in [2.24, 2.45) is 10.9 Å². The van der Waals surface area contributed by atoms with Gasteiger partial charge in [0.25, 0.3) is 0 Å². The third-order valence-corrected chi connectivity index (χ3v) is 6.69. The van der Waals surface area contributed by atoms with E-state index in [2.05, 4.69) is 41.1 Å². The summed E-state index contributed by atoms with van der Waals surface area (Å²) in [6.45, 7) is 4.20. The van der Waals surface area contributed by atoms with Crippen LogP contribution in [0.4, 0.5) is 0 Å². The third kappa shape index (κ3) is 1.82. The normalized spacial score (nSPS) is 21.4. The van der Waals surface area contributed by atoms with E-state index in [1.54, 1.807) is 4.91 Å². The van der Waals surface area contributed by atoms with E-state index in [-0.39, 0.29) is 0 Å². The minimum atomic E-state index is 0.785. The molecule has 1 fully saturated rings. The minimum absolute atomic E-state index is 0.785. The lowest BCUT2D eigenvalue weighted by molar-refractivity contribution is 0.646. The van der Waals surface area contributed by atoms with Gasteiger partial charge in [-0.25, -0.2) is 0 Å². The van der Waals surface area contributed by atoms with Crippen LogP contribution in [-0.4, -0.2) is 23.2 Å². The Bertz CT molecular complexity index is 811. The van der Waals surface area contributed by atoms with Gasteiger partial charge in [-0.05, 0) is 37.8 Å².